The van der Waals surface area contributed by atoms with E-state index >= 15 is 0 Å². The van der Waals surface area contributed by atoms with Crippen LogP contribution in [0, 0.1) is 6.92 Å². The fraction of sp³-hybridized carbons (Fsp3) is 0.400. The summed E-state index contributed by atoms with van der Waals surface area (Å²) in [6, 6.07) is 11.8. The Kier molecular flexibility index (Phi) is 5.26. The number of pyridine rings is 1. The summed E-state index contributed by atoms with van der Waals surface area (Å²) in [4.78, 5) is 17.2. The van der Waals surface area contributed by atoms with Crippen LogP contribution in [0.25, 0.3) is 0 Å². The number of aryl methyl sites for hydroxylation is 2. The molecule has 0 spiro atoms. The average molecular weight is 324 g/mol. The van der Waals surface area contributed by atoms with Crippen LogP contribution in [0.2, 0.25) is 0 Å². The molecule has 1 aromatic heterocycles. The molecule has 4 nitrogen and oxygen atoms in total. The molecular weight excluding hydrogens is 300 g/mol. The number of hydrogen-bond acceptors (Lipinski definition) is 3. The number of nitrogens with one attached hydrogen (secondary N) is 1. The van der Waals surface area contributed by atoms with Gasteiger partial charge in [-0.3, -0.25) is 9.78 Å². The van der Waals surface area contributed by atoms with E-state index in [9.17, 15) is 9.90 Å². The minimum Gasteiger partial charge on any atom is -0.394 e. The van der Waals surface area contributed by atoms with Crippen LogP contribution in [0.15, 0.2) is 42.6 Å². The lowest BCUT2D eigenvalue weighted by Crippen LogP contribution is -2.42. The van der Waals surface area contributed by atoms with Gasteiger partial charge in [0.25, 0.3) is 0 Å². The van der Waals surface area contributed by atoms with E-state index in [1.807, 2.05) is 37.3 Å². The number of carbonyl (C=O) groups excluding carboxylic acids is 1. The molecule has 1 heterocycles. The van der Waals surface area contributed by atoms with E-state index in [1.54, 1.807) is 6.20 Å². The van der Waals surface area contributed by atoms with Gasteiger partial charge in [0.1, 0.15) is 0 Å². The topological polar surface area (TPSA) is 62.2 Å². The van der Waals surface area contributed by atoms with Crippen LogP contribution in [-0.4, -0.2) is 28.6 Å². The molecule has 4 heteroatoms. The third kappa shape index (κ3) is 3.65. The number of benzene rings is 1. The lowest BCUT2D eigenvalue weighted by Gasteiger charge is -2.26. The molecule has 24 heavy (non-hydrogen) atoms. The van der Waals surface area contributed by atoms with Crippen molar-refractivity contribution in [2.75, 3.05) is 6.61 Å². The molecule has 1 amide bonds. The minimum absolute atomic E-state index is 0.0257. The van der Waals surface area contributed by atoms with E-state index in [1.165, 1.54) is 11.1 Å². The first-order chi connectivity index (χ1) is 11.7. The minimum atomic E-state index is -0.271. The Hall–Kier alpha value is -2.20. The number of aromatic nitrogens is 1. The number of rotatable bonds is 5. The van der Waals surface area contributed by atoms with Crippen molar-refractivity contribution in [3.63, 3.8) is 0 Å². The lowest BCUT2D eigenvalue weighted by atomic mass is 9.86. The van der Waals surface area contributed by atoms with E-state index in [0.29, 0.717) is 6.42 Å². The monoisotopic (exact) mass is 324 g/mol. The summed E-state index contributed by atoms with van der Waals surface area (Å²) >= 11 is 0. The van der Waals surface area contributed by atoms with Crippen molar-refractivity contribution in [2.24, 2.45) is 0 Å². The second-order valence-electron chi connectivity index (χ2n) is 6.51. The SMILES string of the molecule is Cc1ccccc1C[C@@H](CO)NC(=O)[C@@H]1CCCc2cccnc21. The number of nitrogens with zero attached hydrogens (tertiary/aromatic N) is 1. The lowest BCUT2D eigenvalue weighted by molar-refractivity contribution is -0.124. The molecule has 0 aliphatic heterocycles. The molecule has 0 bridgehead atoms. The van der Waals surface area contributed by atoms with Crippen LogP contribution >= 0.6 is 0 Å². The van der Waals surface area contributed by atoms with Crippen molar-refractivity contribution in [1.29, 1.82) is 0 Å². The molecule has 2 aromatic rings. The third-order valence-electron chi connectivity index (χ3n) is 4.81. The van der Waals surface area contributed by atoms with Gasteiger partial charge in [0.2, 0.25) is 5.91 Å². The molecule has 126 valence electrons. The van der Waals surface area contributed by atoms with Crippen LogP contribution < -0.4 is 5.32 Å². The summed E-state index contributed by atoms with van der Waals surface area (Å²) in [5.41, 5.74) is 4.39. The van der Waals surface area contributed by atoms with Crippen LogP contribution in [0.4, 0.5) is 0 Å². The molecule has 0 unspecified atom stereocenters. The summed E-state index contributed by atoms with van der Waals surface area (Å²) in [5, 5.41) is 12.7. The Morgan fingerprint density at radius 3 is 2.96 bits per heavy atom. The first-order valence-electron chi connectivity index (χ1n) is 8.58. The predicted molar refractivity (Wildman–Crippen MR) is 93.8 cm³/mol. The van der Waals surface area contributed by atoms with E-state index in [-0.39, 0.29) is 24.5 Å². The maximum atomic E-state index is 12.7. The Morgan fingerprint density at radius 2 is 2.17 bits per heavy atom. The Labute approximate surface area is 142 Å². The van der Waals surface area contributed by atoms with E-state index in [4.69, 9.17) is 0 Å². The molecular formula is C20H24N2O2. The van der Waals surface area contributed by atoms with Crippen LogP contribution in [0.1, 0.15) is 41.1 Å². The highest BCUT2D eigenvalue weighted by Gasteiger charge is 2.28. The molecule has 3 rings (SSSR count). The molecule has 1 aliphatic rings. The van der Waals surface area contributed by atoms with Crippen molar-refractivity contribution in [2.45, 2.75) is 44.6 Å². The zero-order valence-corrected chi connectivity index (χ0v) is 14.0. The summed E-state index contributed by atoms with van der Waals surface area (Å²) in [7, 11) is 0. The van der Waals surface area contributed by atoms with Gasteiger partial charge in [-0.15, -0.1) is 0 Å². The highest BCUT2D eigenvalue weighted by atomic mass is 16.3. The number of aliphatic hydroxyl groups excluding tert-OH is 1. The molecule has 1 aliphatic carbocycles. The molecule has 2 N–H and O–H groups in total. The first-order valence-corrected chi connectivity index (χ1v) is 8.58. The Balaban J connectivity index is 1.71. The number of fused-ring (bicyclic) bond motifs is 1. The van der Waals surface area contributed by atoms with E-state index < -0.39 is 0 Å². The van der Waals surface area contributed by atoms with Crippen molar-refractivity contribution in [1.82, 2.24) is 10.3 Å². The second-order valence-corrected chi connectivity index (χ2v) is 6.51. The highest BCUT2D eigenvalue weighted by molar-refractivity contribution is 5.84. The van der Waals surface area contributed by atoms with Gasteiger partial charge in [-0.2, -0.15) is 0 Å². The summed E-state index contributed by atoms with van der Waals surface area (Å²) in [5.74, 6) is -0.233. The fourth-order valence-corrected chi connectivity index (χ4v) is 3.43. The van der Waals surface area contributed by atoms with Crippen molar-refractivity contribution in [3.8, 4) is 0 Å². The van der Waals surface area contributed by atoms with Crippen LogP contribution in [-0.2, 0) is 17.6 Å². The van der Waals surface area contributed by atoms with Gasteiger partial charge in [0.05, 0.1) is 24.3 Å². The van der Waals surface area contributed by atoms with E-state index in [2.05, 4.69) is 16.4 Å². The van der Waals surface area contributed by atoms with Crippen LogP contribution in [0.5, 0.6) is 0 Å². The van der Waals surface area contributed by atoms with Gasteiger partial charge in [-0.1, -0.05) is 30.3 Å². The predicted octanol–water partition coefficient (Wildman–Crippen LogP) is 2.53. The standard InChI is InChI=1S/C20H24N2O2/c1-14-6-2-3-7-16(14)12-17(13-23)22-20(24)18-10-4-8-15-9-5-11-21-19(15)18/h2-3,5-7,9,11,17-18,23H,4,8,10,12-13H2,1H3,(H,22,24)/t17-,18+/m0/s1. The molecule has 0 radical (unpaired) electrons. The van der Waals surface area contributed by atoms with Gasteiger partial charge in [-0.25, -0.2) is 0 Å². The smallest absolute Gasteiger partial charge is 0.229 e. The second kappa shape index (κ2) is 7.58. The van der Waals surface area contributed by atoms with Crippen molar-refractivity contribution < 1.29 is 9.90 Å². The highest BCUT2D eigenvalue weighted by Crippen LogP contribution is 2.30. The molecule has 0 fully saturated rings. The normalized spacial score (nSPS) is 17.8. The summed E-state index contributed by atoms with van der Waals surface area (Å²) < 4.78 is 0. The van der Waals surface area contributed by atoms with Gasteiger partial charge in [0, 0.05) is 6.20 Å². The van der Waals surface area contributed by atoms with Crippen molar-refractivity contribution in [3.05, 3.63) is 65.0 Å². The number of hydrogen-bond donors (Lipinski definition) is 2. The number of aliphatic hydroxyl groups is 1. The zero-order chi connectivity index (χ0) is 16.9. The number of carbonyl (C=O) groups is 1. The summed E-state index contributed by atoms with van der Waals surface area (Å²) in [6.07, 6.45) is 5.19. The molecule has 2 atom stereocenters. The third-order valence-corrected chi connectivity index (χ3v) is 4.81. The van der Waals surface area contributed by atoms with Gasteiger partial charge in [-0.05, 0) is 55.4 Å². The maximum Gasteiger partial charge on any atom is 0.229 e. The fourth-order valence-electron chi connectivity index (χ4n) is 3.43. The van der Waals surface area contributed by atoms with Gasteiger partial charge >= 0.3 is 0 Å². The zero-order valence-electron chi connectivity index (χ0n) is 14.0. The van der Waals surface area contributed by atoms with Crippen LogP contribution in [0.3, 0.4) is 0 Å². The van der Waals surface area contributed by atoms with Gasteiger partial charge in [0.15, 0.2) is 0 Å². The quantitative estimate of drug-likeness (QED) is 0.888. The van der Waals surface area contributed by atoms with Crippen molar-refractivity contribution >= 4 is 5.91 Å². The Bertz CT molecular complexity index is 714. The maximum absolute atomic E-state index is 12.7. The Morgan fingerprint density at radius 1 is 1.33 bits per heavy atom. The summed E-state index contributed by atoms with van der Waals surface area (Å²) in [6.45, 7) is 1.98. The van der Waals surface area contributed by atoms with Gasteiger partial charge < -0.3 is 10.4 Å². The number of amides is 1. The first kappa shape index (κ1) is 16.7. The average Bonchev–Trinajstić information content (AvgIpc) is 2.62. The van der Waals surface area contributed by atoms with E-state index in [0.717, 1.165) is 30.5 Å². The molecule has 1 aromatic carbocycles. The molecule has 0 saturated carbocycles. The largest absolute Gasteiger partial charge is 0.394 e. The molecule has 0 saturated heterocycles.